The van der Waals surface area contributed by atoms with Gasteiger partial charge in [-0.3, -0.25) is 0 Å². The van der Waals surface area contributed by atoms with Crippen LogP contribution in [0.15, 0.2) is 28.0 Å². The molecular formula is C13H17NO3S. The second kappa shape index (κ2) is 6.04. The maximum absolute atomic E-state index is 5.75. The van der Waals surface area contributed by atoms with Crippen molar-refractivity contribution in [1.82, 2.24) is 5.32 Å². The molecule has 0 aromatic carbocycles. The third kappa shape index (κ3) is 2.75. The monoisotopic (exact) mass is 267 g/mol. The number of nitrogens with one attached hydrogen (secondary N) is 1. The number of hydrogen-bond acceptors (Lipinski definition) is 5. The molecule has 4 nitrogen and oxygen atoms in total. The molecule has 2 aromatic heterocycles. The predicted octanol–water partition coefficient (Wildman–Crippen LogP) is 2.80. The van der Waals surface area contributed by atoms with E-state index in [0.29, 0.717) is 6.61 Å². The summed E-state index contributed by atoms with van der Waals surface area (Å²) >= 11 is 1.65. The largest absolute Gasteiger partial charge is 0.496 e. The van der Waals surface area contributed by atoms with Gasteiger partial charge in [-0.2, -0.15) is 0 Å². The third-order valence-corrected chi connectivity index (χ3v) is 3.63. The van der Waals surface area contributed by atoms with Crippen molar-refractivity contribution in [3.8, 4) is 5.75 Å². The molecule has 0 bridgehead atoms. The van der Waals surface area contributed by atoms with Crippen LogP contribution in [0.2, 0.25) is 0 Å². The van der Waals surface area contributed by atoms with Gasteiger partial charge in [0.1, 0.15) is 29.9 Å². The lowest BCUT2D eigenvalue weighted by atomic mass is 10.2. The van der Waals surface area contributed by atoms with Crippen LogP contribution < -0.4 is 10.1 Å². The fourth-order valence-corrected chi connectivity index (χ4v) is 2.76. The Hall–Kier alpha value is -1.30. The molecule has 0 amide bonds. The van der Waals surface area contributed by atoms with Gasteiger partial charge in [0.25, 0.3) is 0 Å². The van der Waals surface area contributed by atoms with Gasteiger partial charge in [0, 0.05) is 17.4 Å². The highest BCUT2D eigenvalue weighted by molar-refractivity contribution is 7.10. The second-order valence-corrected chi connectivity index (χ2v) is 4.79. The van der Waals surface area contributed by atoms with Crippen molar-refractivity contribution in [1.29, 1.82) is 0 Å². The standard InChI is InChI=1S/C13H17NO3S/c1-14-13(12-6-10(16-3)8-18-12)11-5-4-9(17-11)7-15-2/h4-6,8,13-14H,7H2,1-3H3. The van der Waals surface area contributed by atoms with Crippen molar-refractivity contribution in [3.63, 3.8) is 0 Å². The van der Waals surface area contributed by atoms with Crippen molar-refractivity contribution in [2.45, 2.75) is 12.6 Å². The summed E-state index contributed by atoms with van der Waals surface area (Å²) in [5.41, 5.74) is 0. The average Bonchev–Trinajstić information content (AvgIpc) is 3.01. The molecule has 0 aliphatic carbocycles. The normalized spacial score (nSPS) is 12.6. The van der Waals surface area contributed by atoms with Crippen LogP contribution in [0.5, 0.6) is 5.75 Å². The summed E-state index contributed by atoms with van der Waals surface area (Å²) < 4.78 is 16.0. The number of furan rings is 1. The van der Waals surface area contributed by atoms with E-state index in [1.807, 2.05) is 30.6 Å². The SMILES string of the molecule is CNC(c1ccc(COC)o1)c1cc(OC)cs1. The van der Waals surface area contributed by atoms with Crippen molar-refractivity contribution < 1.29 is 13.9 Å². The maximum atomic E-state index is 5.75. The molecule has 98 valence electrons. The topological polar surface area (TPSA) is 43.6 Å². The molecule has 0 saturated heterocycles. The molecule has 0 aliphatic heterocycles. The van der Waals surface area contributed by atoms with E-state index in [1.165, 1.54) is 0 Å². The minimum atomic E-state index is 0.0458. The lowest BCUT2D eigenvalue weighted by molar-refractivity contribution is 0.162. The highest BCUT2D eigenvalue weighted by Crippen LogP contribution is 2.31. The van der Waals surface area contributed by atoms with Crippen molar-refractivity contribution in [2.75, 3.05) is 21.3 Å². The number of ether oxygens (including phenoxy) is 2. The smallest absolute Gasteiger partial charge is 0.129 e. The number of thiophene rings is 1. The van der Waals surface area contributed by atoms with E-state index in [1.54, 1.807) is 25.6 Å². The summed E-state index contributed by atoms with van der Waals surface area (Å²) in [5, 5.41) is 5.23. The maximum Gasteiger partial charge on any atom is 0.129 e. The number of hydrogen-bond donors (Lipinski definition) is 1. The van der Waals surface area contributed by atoms with Gasteiger partial charge < -0.3 is 19.2 Å². The Labute approximate surface area is 111 Å². The highest BCUT2D eigenvalue weighted by Gasteiger charge is 2.18. The van der Waals surface area contributed by atoms with E-state index in [4.69, 9.17) is 13.9 Å². The number of rotatable bonds is 6. The van der Waals surface area contributed by atoms with E-state index >= 15 is 0 Å². The summed E-state index contributed by atoms with van der Waals surface area (Å²) in [4.78, 5) is 1.16. The van der Waals surface area contributed by atoms with Crippen molar-refractivity contribution in [3.05, 3.63) is 40.0 Å². The van der Waals surface area contributed by atoms with Gasteiger partial charge >= 0.3 is 0 Å². The summed E-state index contributed by atoms with van der Waals surface area (Å²) in [7, 11) is 5.24. The molecule has 0 radical (unpaired) electrons. The molecule has 1 atom stereocenters. The van der Waals surface area contributed by atoms with Crippen molar-refractivity contribution in [2.24, 2.45) is 0 Å². The molecule has 2 heterocycles. The predicted molar refractivity (Wildman–Crippen MR) is 71.2 cm³/mol. The van der Waals surface area contributed by atoms with Gasteiger partial charge in [-0.05, 0) is 25.2 Å². The second-order valence-electron chi connectivity index (χ2n) is 3.85. The fourth-order valence-electron chi connectivity index (χ4n) is 1.79. The summed E-state index contributed by atoms with van der Waals surface area (Å²) in [5.74, 6) is 2.59. The quantitative estimate of drug-likeness (QED) is 0.874. The van der Waals surface area contributed by atoms with Crippen LogP contribution in [0.1, 0.15) is 22.4 Å². The molecule has 2 aromatic rings. The molecular weight excluding hydrogens is 250 g/mol. The van der Waals surface area contributed by atoms with Gasteiger partial charge in [0.2, 0.25) is 0 Å². The van der Waals surface area contributed by atoms with Crippen molar-refractivity contribution >= 4 is 11.3 Å². The van der Waals surface area contributed by atoms with Gasteiger partial charge in [0.15, 0.2) is 0 Å². The Morgan fingerprint density at radius 3 is 2.83 bits per heavy atom. The Kier molecular flexibility index (Phi) is 4.41. The van der Waals surface area contributed by atoms with Crippen LogP contribution in [0, 0.1) is 0 Å². The zero-order chi connectivity index (χ0) is 13.0. The third-order valence-electron chi connectivity index (χ3n) is 2.66. The lowest BCUT2D eigenvalue weighted by Gasteiger charge is -2.11. The van der Waals surface area contributed by atoms with E-state index in [0.717, 1.165) is 22.1 Å². The average molecular weight is 267 g/mol. The highest BCUT2D eigenvalue weighted by atomic mass is 32.1. The van der Waals surface area contributed by atoms with Crippen LogP contribution in [0.25, 0.3) is 0 Å². The first kappa shape index (κ1) is 13.1. The molecule has 0 saturated carbocycles. The van der Waals surface area contributed by atoms with Crippen LogP contribution in [-0.4, -0.2) is 21.3 Å². The Balaban J connectivity index is 2.21. The first-order chi connectivity index (χ1) is 8.78. The van der Waals surface area contributed by atoms with Gasteiger partial charge in [-0.1, -0.05) is 0 Å². The van der Waals surface area contributed by atoms with Crippen LogP contribution in [0.4, 0.5) is 0 Å². The van der Waals surface area contributed by atoms with E-state index in [2.05, 4.69) is 5.32 Å². The molecule has 0 aliphatic rings. The molecule has 0 spiro atoms. The lowest BCUT2D eigenvalue weighted by Crippen LogP contribution is -2.15. The summed E-state index contributed by atoms with van der Waals surface area (Å²) in [6.45, 7) is 0.490. The van der Waals surface area contributed by atoms with Gasteiger partial charge in [0.05, 0.1) is 7.11 Å². The molecule has 1 N–H and O–H groups in total. The minimum Gasteiger partial charge on any atom is -0.496 e. The van der Waals surface area contributed by atoms with E-state index in [9.17, 15) is 0 Å². The first-order valence-corrected chi connectivity index (χ1v) is 6.53. The van der Waals surface area contributed by atoms with Crippen LogP contribution >= 0.6 is 11.3 Å². The molecule has 0 fully saturated rings. The molecule has 5 heteroatoms. The van der Waals surface area contributed by atoms with E-state index in [-0.39, 0.29) is 6.04 Å². The zero-order valence-electron chi connectivity index (χ0n) is 10.7. The molecule has 18 heavy (non-hydrogen) atoms. The zero-order valence-corrected chi connectivity index (χ0v) is 11.5. The van der Waals surface area contributed by atoms with Gasteiger partial charge in [-0.15, -0.1) is 11.3 Å². The Bertz CT molecular complexity index is 492. The van der Waals surface area contributed by atoms with Crippen LogP contribution in [-0.2, 0) is 11.3 Å². The summed E-state index contributed by atoms with van der Waals surface area (Å²) in [6.07, 6.45) is 0. The fraction of sp³-hybridized carbons (Fsp3) is 0.385. The first-order valence-electron chi connectivity index (χ1n) is 5.65. The van der Waals surface area contributed by atoms with Crippen LogP contribution in [0.3, 0.4) is 0 Å². The number of methoxy groups -OCH3 is 2. The molecule has 1 unspecified atom stereocenters. The Morgan fingerprint density at radius 2 is 2.22 bits per heavy atom. The van der Waals surface area contributed by atoms with E-state index < -0.39 is 0 Å². The minimum absolute atomic E-state index is 0.0458. The Morgan fingerprint density at radius 1 is 1.39 bits per heavy atom. The summed E-state index contributed by atoms with van der Waals surface area (Å²) in [6, 6.07) is 5.98. The molecule has 2 rings (SSSR count). The van der Waals surface area contributed by atoms with Gasteiger partial charge in [-0.25, -0.2) is 0 Å².